The van der Waals surface area contributed by atoms with E-state index in [-0.39, 0.29) is 30.3 Å². The van der Waals surface area contributed by atoms with Crippen LogP contribution in [0.4, 0.5) is 4.39 Å². The summed E-state index contributed by atoms with van der Waals surface area (Å²) in [7, 11) is 0. The average molecular weight is 423 g/mol. The number of carbonyl (C=O) groups excluding carboxylic acids is 2. The van der Waals surface area contributed by atoms with Gasteiger partial charge in [-0.25, -0.2) is 4.39 Å². The van der Waals surface area contributed by atoms with Gasteiger partial charge in [-0.1, -0.05) is 41.4 Å². The summed E-state index contributed by atoms with van der Waals surface area (Å²) >= 11 is 12.2. The number of halogens is 3. The molecule has 2 aromatic carbocycles. The topological polar surface area (TPSA) is 58.2 Å². The molecule has 0 radical (unpaired) electrons. The van der Waals surface area contributed by atoms with Gasteiger partial charge in [-0.05, 0) is 61.1 Å². The van der Waals surface area contributed by atoms with E-state index in [4.69, 9.17) is 23.2 Å². The lowest BCUT2D eigenvalue weighted by Gasteiger charge is -2.43. The molecule has 0 spiro atoms. The molecule has 2 amide bonds. The van der Waals surface area contributed by atoms with Crippen LogP contribution in [0.3, 0.4) is 0 Å². The molecule has 2 N–H and O–H groups in total. The van der Waals surface area contributed by atoms with E-state index in [1.165, 1.54) is 12.1 Å². The molecule has 3 rings (SSSR count). The Kier molecular flexibility index (Phi) is 6.57. The van der Waals surface area contributed by atoms with Crippen LogP contribution >= 0.6 is 23.2 Å². The molecule has 2 aromatic rings. The fourth-order valence-electron chi connectivity index (χ4n) is 3.39. The van der Waals surface area contributed by atoms with Crippen molar-refractivity contribution in [2.75, 3.05) is 6.54 Å². The number of benzene rings is 2. The second-order valence-corrected chi connectivity index (χ2v) is 8.02. The molecule has 0 aromatic heterocycles. The summed E-state index contributed by atoms with van der Waals surface area (Å²) in [5, 5.41) is 6.78. The predicted molar refractivity (Wildman–Crippen MR) is 108 cm³/mol. The summed E-state index contributed by atoms with van der Waals surface area (Å²) in [5.41, 5.74) is 1.15. The molecular weight excluding hydrogens is 402 g/mol. The highest BCUT2D eigenvalue weighted by Crippen LogP contribution is 2.37. The highest BCUT2D eigenvalue weighted by molar-refractivity contribution is 6.35. The fourth-order valence-corrected chi connectivity index (χ4v) is 3.87. The van der Waals surface area contributed by atoms with Crippen LogP contribution in [-0.4, -0.2) is 23.9 Å². The lowest BCUT2D eigenvalue weighted by atomic mass is 9.72. The maximum absolute atomic E-state index is 13.2. The van der Waals surface area contributed by atoms with Crippen molar-refractivity contribution in [3.63, 3.8) is 0 Å². The van der Waals surface area contributed by atoms with Crippen LogP contribution < -0.4 is 10.6 Å². The van der Waals surface area contributed by atoms with E-state index in [1.807, 2.05) is 6.07 Å². The van der Waals surface area contributed by atoms with Crippen LogP contribution in [0, 0.1) is 5.82 Å². The predicted octanol–water partition coefficient (Wildman–Crippen LogP) is 4.07. The van der Waals surface area contributed by atoms with Crippen molar-refractivity contribution >= 4 is 35.0 Å². The van der Waals surface area contributed by atoms with E-state index < -0.39 is 5.82 Å². The van der Waals surface area contributed by atoms with Gasteiger partial charge in [-0.3, -0.25) is 9.59 Å². The van der Waals surface area contributed by atoms with Crippen molar-refractivity contribution in [3.05, 3.63) is 69.5 Å². The molecule has 1 saturated carbocycles. The molecule has 4 nitrogen and oxygen atoms in total. The van der Waals surface area contributed by atoms with Crippen LogP contribution in [0.25, 0.3) is 0 Å². The first-order valence-corrected chi connectivity index (χ1v) is 9.87. The van der Waals surface area contributed by atoms with Gasteiger partial charge in [0.1, 0.15) is 5.82 Å². The lowest BCUT2D eigenvalue weighted by Crippen LogP contribution is -2.57. The first kappa shape index (κ1) is 20.6. The third-order valence-electron chi connectivity index (χ3n) is 4.96. The van der Waals surface area contributed by atoms with E-state index in [2.05, 4.69) is 10.6 Å². The highest BCUT2D eigenvalue weighted by atomic mass is 35.5. The molecule has 1 aliphatic rings. The summed E-state index contributed by atoms with van der Waals surface area (Å²) in [6, 6.07) is 11.2. The molecule has 7 heteroatoms. The molecule has 0 bridgehead atoms. The zero-order chi connectivity index (χ0) is 20.1. The Bertz CT molecular complexity index is 884. The molecule has 0 atom stereocenters. The molecule has 0 heterocycles. The number of hydrogen-bond donors (Lipinski definition) is 2. The van der Waals surface area contributed by atoms with Crippen molar-refractivity contribution < 1.29 is 14.0 Å². The van der Waals surface area contributed by atoms with E-state index in [1.54, 1.807) is 24.3 Å². The van der Waals surface area contributed by atoms with Crippen molar-refractivity contribution in [2.24, 2.45) is 0 Å². The van der Waals surface area contributed by atoms with E-state index in [0.29, 0.717) is 22.0 Å². The van der Waals surface area contributed by atoms with Gasteiger partial charge < -0.3 is 10.6 Å². The Hall–Kier alpha value is -2.11. The van der Waals surface area contributed by atoms with Crippen molar-refractivity contribution in [1.82, 2.24) is 10.6 Å². The van der Waals surface area contributed by atoms with Gasteiger partial charge in [-0.15, -0.1) is 0 Å². The van der Waals surface area contributed by atoms with Crippen LogP contribution in [-0.2, 0) is 22.4 Å². The van der Waals surface area contributed by atoms with E-state index in [0.717, 1.165) is 24.8 Å². The van der Waals surface area contributed by atoms with Gasteiger partial charge in [0, 0.05) is 15.6 Å². The standard InChI is InChI=1S/C21H21Cl2FN2O2/c22-16-6-5-15(18(23)11-16)12-21(7-2-8-21)26-20(28)13-25-19(27)10-14-3-1-4-17(24)9-14/h1,3-6,9,11H,2,7-8,10,12-13H2,(H,25,27)(H,26,28). The van der Waals surface area contributed by atoms with Gasteiger partial charge in [0.25, 0.3) is 0 Å². The SMILES string of the molecule is O=C(Cc1cccc(F)c1)NCC(=O)NC1(Cc2ccc(Cl)cc2Cl)CCC1. The Morgan fingerprint density at radius 3 is 2.50 bits per heavy atom. The molecule has 28 heavy (non-hydrogen) atoms. The smallest absolute Gasteiger partial charge is 0.239 e. The normalized spacial score (nSPS) is 14.8. The van der Waals surface area contributed by atoms with Crippen LogP contribution in [0.1, 0.15) is 30.4 Å². The first-order valence-electron chi connectivity index (χ1n) is 9.11. The fraction of sp³-hybridized carbons (Fsp3) is 0.333. The van der Waals surface area contributed by atoms with Gasteiger partial charge >= 0.3 is 0 Å². The van der Waals surface area contributed by atoms with Crippen molar-refractivity contribution in [3.8, 4) is 0 Å². The van der Waals surface area contributed by atoms with Crippen molar-refractivity contribution in [2.45, 2.75) is 37.6 Å². The first-order chi connectivity index (χ1) is 13.3. The summed E-state index contributed by atoms with van der Waals surface area (Å²) in [6.45, 7) is -0.121. The summed E-state index contributed by atoms with van der Waals surface area (Å²) < 4.78 is 13.2. The van der Waals surface area contributed by atoms with Gasteiger partial charge in [0.15, 0.2) is 0 Å². The minimum Gasteiger partial charge on any atom is -0.349 e. The van der Waals surface area contributed by atoms with Crippen LogP contribution in [0.2, 0.25) is 10.0 Å². The molecule has 0 aliphatic heterocycles. The number of rotatable bonds is 7. The van der Waals surface area contributed by atoms with E-state index >= 15 is 0 Å². The van der Waals surface area contributed by atoms with Crippen LogP contribution in [0.5, 0.6) is 0 Å². The minimum absolute atomic E-state index is 0.0244. The number of amides is 2. The Morgan fingerprint density at radius 2 is 1.86 bits per heavy atom. The zero-order valence-corrected chi connectivity index (χ0v) is 16.7. The molecule has 0 saturated heterocycles. The van der Waals surface area contributed by atoms with Gasteiger partial charge in [-0.2, -0.15) is 0 Å². The minimum atomic E-state index is -0.393. The Morgan fingerprint density at radius 1 is 1.07 bits per heavy atom. The lowest BCUT2D eigenvalue weighted by molar-refractivity contribution is -0.127. The molecule has 148 valence electrons. The number of nitrogens with one attached hydrogen (secondary N) is 2. The third-order valence-corrected chi connectivity index (χ3v) is 5.55. The molecule has 0 unspecified atom stereocenters. The summed E-state index contributed by atoms with van der Waals surface area (Å²) in [5.74, 6) is -0.975. The average Bonchev–Trinajstić information content (AvgIpc) is 2.60. The second-order valence-electron chi connectivity index (χ2n) is 7.18. The summed E-state index contributed by atoms with van der Waals surface area (Å²) in [4.78, 5) is 24.4. The monoisotopic (exact) mass is 422 g/mol. The van der Waals surface area contributed by atoms with E-state index in [9.17, 15) is 14.0 Å². The summed E-state index contributed by atoms with van der Waals surface area (Å²) in [6.07, 6.45) is 3.38. The Balaban J connectivity index is 1.52. The van der Waals surface area contributed by atoms with Crippen LogP contribution in [0.15, 0.2) is 42.5 Å². The van der Waals surface area contributed by atoms with Gasteiger partial charge in [0.2, 0.25) is 11.8 Å². The molecular formula is C21H21Cl2FN2O2. The molecule has 1 aliphatic carbocycles. The maximum atomic E-state index is 13.2. The quantitative estimate of drug-likeness (QED) is 0.706. The maximum Gasteiger partial charge on any atom is 0.239 e. The largest absolute Gasteiger partial charge is 0.349 e. The highest BCUT2D eigenvalue weighted by Gasteiger charge is 2.38. The van der Waals surface area contributed by atoms with Gasteiger partial charge in [0.05, 0.1) is 13.0 Å². The zero-order valence-electron chi connectivity index (χ0n) is 15.2. The van der Waals surface area contributed by atoms with Crippen molar-refractivity contribution in [1.29, 1.82) is 0 Å². The molecule has 1 fully saturated rings. The number of carbonyl (C=O) groups is 2. The Labute approximate surface area is 173 Å². The third kappa shape index (κ3) is 5.46. The second kappa shape index (κ2) is 8.93. The number of hydrogen-bond acceptors (Lipinski definition) is 2.